The van der Waals surface area contributed by atoms with Crippen LogP contribution in [0.5, 0.6) is 5.75 Å². The highest BCUT2D eigenvalue weighted by molar-refractivity contribution is 5.68. The van der Waals surface area contributed by atoms with E-state index in [0.29, 0.717) is 16.9 Å². The van der Waals surface area contributed by atoms with E-state index in [1.165, 1.54) is 10.9 Å². The van der Waals surface area contributed by atoms with E-state index < -0.39 is 5.69 Å². The van der Waals surface area contributed by atoms with Gasteiger partial charge < -0.3 is 9.72 Å². The molecule has 0 aliphatic rings. The molecule has 1 aromatic carbocycles. The van der Waals surface area contributed by atoms with Crippen LogP contribution in [0, 0.1) is 0 Å². The van der Waals surface area contributed by atoms with E-state index in [2.05, 4.69) is 9.97 Å². The molecular weight excluding hydrogens is 272 g/mol. The highest BCUT2D eigenvalue weighted by Crippen LogP contribution is 2.07. The second kappa shape index (κ2) is 5.28. The largest absolute Gasteiger partial charge is 0.492 e. The Hall–Kier alpha value is -2.83. The number of H-pyrrole nitrogens is 1. The minimum atomic E-state index is -0.406. The van der Waals surface area contributed by atoms with Gasteiger partial charge in [0, 0.05) is 7.05 Å². The Morgan fingerprint density at radius 3 is 2.76 bits per heavy atom. The fourth-order valence-electron chi connectivity index (χ4n) is 2.16. The summed E-state index contributed by atoms with van der Waals surface area (Å²) in [4.78, 5) is 31.1. The molecule has 0 amide bonds. The van der Waals surface area contributed by atoms with Crippen molar-refractivity contribution < 1.29 is 4.74 Å². The normalized spacial score (nSPS) is 10.9. The molecule has 0 unspecified atom stereocenters. The van der Waals surface area contributed by atoms with E-state index in [9.17, 15) is 9.59 Å². The maximum atomic E-state index is 12.2. The van der Waals surface area contributed by atoms with Crippen molar-refractivity contribution in [3.8, 4) is 5.75 Å². The molecule has 0 aliphatic carbocycles. The average Bonchev–Trinajstić information content (AvgIpc) is 2.99. The third-order valence-corrected chi connectivity index (χ3v) is 3.24. The van der Waals surface area contributed by atoms with Gasteiger partial charge in [0.2, 0.25) is 0 Å². The maximum absolute atomic E-state index is 12.2. The molecule has 2 aromatic heterocycles. The number of benzene rings is 1. The number of nitrogens with zero attached hydrogens (tertiary/aromatic N) is 3. The van der Waals surface area contributed by atoms with Crippen molar-refractivity contribution in [2.45, 2.75) is 6.54 Å². The molecule has 0 saturated heterocycles. The second-order valence-corrected chi connectivity index (χ2v) is 4.56. The van der Waals surface area contributed by atoms with E-state index in [1.54, 1.807) is 7.05 Å². The van der Waals surface area contributed by atoms with Gasteiger partial charge >= 0.3 is 5.69 Å². The first-order chi connectivity index (χ1) is 10.2. The fraction of sp³-hybridized carbons (Fsp3) is 0.214. The molecule has 0 spiro atoms. The molecule has 2 heterocycles. The maximum Gasteiger partial charge on any atom is 0.332 e. The predicted molar refractivity (Wildman–Crippen MR) is 77.5 cm³/mol. The topological polar surface area (TPSA) is 81.9 Å². The fourth-order valence-corrected chi connectivity index (χ4v) is 2.16. The van der Waals surface area contributed by atoms with Crippen molar-refractivity contribution in [3.63, 3.8) is 0 Å². The lowest BCUT2D eigenvalue weighted by molar-refractivity contribution is 0.293. The summed E-state index contributed by atoms with van der Waals surface area (Å²) in [6, 6.07) is 9.24. The summed E-state index contributed by atoms with van der Waals surface area (Å²) in [6.45, 7) is 0.411. The summed E-state index contributed by atoms with van der Waals surface area (Å²) >= 11 is 0. The van der Waals surface area contributed by atoms with Gasteiger partial charge in [0.15, 0.2) is 5.65 Å². The van der Waals surface area contributed by atoms with Crippen LogP contribution in [0.4, 0.5) is 0 Å². The van der Waals surface area contributed by atoms with E-state index >= 15 is 0 Å². The summed E-state index contributed by atoms with van der Waals surface area (Å²) in [5.74, 6) is 0.699. The smallest absolute Gasteiger partial charge is 0.332 e. The van der Waals surface area contributed by atoms with Crippen molar-refractivity contribution in [2.24, 2.45) is 7.05 Å². The van der Waals surface area contributed by atoms with Crippen LogP contribution in [0.2, 0.25) is 0 Å². The van der Waals surface area contributed by atoms with Gasteiger partial charge in [-0.05, 0) is 12.1 Å². The summed E-state index contributed by atoms with van der Waals surface area (Å²) in [7, 11) is 1.58. The number of aryl methyl sites for hydroxylation is 1. The number of hydrogen-bond donors (Lipinski definition) is 1. The molecule has 0 aliphatic heterocycles. The first kappa shape index (κ1) is 13.2. The third-order valence-electron chi connectivity index (χ3n) is 3.24. The lowest BCUT2D eigenvalue weighted by Gasteiger charge is -2.09. The summed E-state index contributed by atoms with van der Waals surface area (Å²) in [6.07, 6.45) is 1.40. The van der Waals surface area contributed by atoms with E-state index in [0.717, 1.165) is 4.57 Å². The van der Waals surface area contributed by atoms with E-state index in [1.807, 2.05) is 30.3 Å². The molecule has 21 heavy (non-hydrogen) atoms. The Bertz CT molecular complexity index is 877. The molecule has 3 aromatic rings. The van der Waals surface area contributed by atoms with E-state index in [4.69, 9.17) is 4.74 Å². The number of para-hydroxylation sites is 1. The van der Waals surface area contributed by atoms with Gasteiger partial charge in [-0.2, -0.15) is 0 Å². The Kier molecular flexibility index (Phi) is 3.31. The lowest BCUT2D eigenvalue weighted by atomic mass is 10.3. The Morgan fingerprint density at radius 2 is 2.00 bits per heavy atom. The van der Waals surface area contributed by atoms with Crippen LogP contribution >= 0.6 is 0 Å². The van der Waals surface area contributed by atoms with Gasteiger partial charge in [0.1, 0.15) is 17.9 Å². The van der Waals surface area contributed by atoms with Gasteiger partial charge in [-0.3, -0.25) is 13.9 Å². The van der Waals surface area contributed by atoms with Crippen molar-refractivity contribution >= 4 is 11.2 Å². The predicted octanol–water partition coefficient (Wildman–Crippen LogP) is 0.502. The van der Waals surface area contributed by atoms with Crippen molar-refractivity contribution in [2.75, 3.05) is 6.61 Å². The number of aromatic nitrogens is 4. The first-order valence-electron chi connectivity index (χ1n) is 6.49. The highest BCUT2D eigenvalue weighted by atomic mass is 16.5. The van der Waals surface area contributed by atoms with Crippen molar-refractivity contribution in [3.05, 3.63) is 57.5 Å². The molecule has 7 heteroatoms. The SMILES string of the molecule is Cn1c(=O)n(CCOc2ccccc2)c(=O)c2[nH]cnc21. The molecular formula is C14H14N4O3. The van der Waals surface area contributed by atoms with E-state index in [-0.39, 0.29) is 18.7 Å². The van der Waals surface area contributed by atoms with Crippen molar-refractivity contribution in [1.29, 1.82) is 0 Å². The minimum absolute atomic E-state index is 0.176. The molecule has 108 valence electrons. The van der Waals surface area contributed by atoms with Gasteiger partial charge in [-0.1, -0.05) is 18.2 Å². The summed E-state index contributed by atoms with van der Waals surface area (Å²) < 4.78 is 8.00. The second-order valence-electron chi connectivity index (χ2n) is 4.56. The Balaban J connectivity index is 1.87. The standard InChI is InChI=1S/C14H14N4O3/c1-17-12-11(15-9-16-12)13(19)18(14(17)20)7-8-21-10-5-3-2-4-6-10/h2-6,9H,7-8H2,1H3,(H,15,16). The quantitative estimate of drug-likeness (QED) is 0.757. The Morgan fingerprint density at radius 1 is 1.24 bits per heavy atom. The third kappa shape index (κ3) is 2.33. The lowest BCUT2D eigenvalue weighted by Crippen LogP contribution is -2.40. The number of nitrogens with one attached hydrogen (secondary N) is 1. The van der Waals surface area contributed by atoms with Crippen molar-refractivity contribution in [1.82, 2.24) is 19.1 Å². The number of fused-ring (bicyclic) bond motifs is 1. The van der Waals surface area contributed by atoms with Crippen LogP contribution in [0.3, 0.4) is 0 Å². The molecule has 0 bridgehead atoms. The molecule has 3 rings (SSSR count). The first-order valence-corrected chi connectivity index (χ1v) is 6.49. The van der Waals surface area contributed by atoms with Crippen LogP contribution in [0.1, 0.15) is 0 Å². The molecule has 1 N–H and O–H groups in total. The molecule has 7 nitrogen and oxygen atoms in total. The van der Waals surface area contributed by atoms with Crippen LogP contribution in [0.15, 0.2) is 46.2 Å². The molecule has 0 saturated carbocycles. The zero-order chi connectivity index (χ0) is 14.8. The van der Waals surface area contributed by atoms with Crippen LogP contribution in [-0.4, -0.2) is 25.7 Å². The molecule has 0 fully saturated rings. The molecule has 0 radical (unpaired) electrons. The number of rotatable bonds is 4. The average molecular weight is 286 g/mol. The van der Waals surface area contributed by atoms with Gasteiger partial charge in [0.25, 0.3) is 5.56 Å². The summed E-state index contributed by atoms with van der Waals surface area (Å²) in [5.41, 5.74) is -0.124. The zero-order valence-electron chi connectivity index (χ0n) is 11.4. The molecule has 0 atom stereocenters. The number of hydrogen-bond acceptors (Lipinski definition) is 4. The minimum Gasteiger partial charge on any atom is -0.492 e. The van der Waals surface area contributed by atoms with Gasteiger partial charge in [-0.25, -0.2) is 9.78 Å². The number of ether oxygens (including phenoxy) is 1. The highest BCUT2D eigenvalue weighted by Gasteiger charge is 2.12. The van der Waals surface area contributed by atoms with Gasteiger partial charge in [0.05, 0.1) is 12.9 Å². The van der Waals surface area contributed by atoms with Gasteiger partial charge in [-0.15, -0.1) is 0 Å². The zero-order valence-corrected chi connectivity index (χ0v) is 11.4. The number of imidazole rings is 1. The van der Waals surface area contributed by atoms with Crippen LogP contribution in [-0.2, 0) is 13.6 Å². The van der Waals surface area contributed by atoms with Crippen LogP contribution < -0.4 is 16.0 Å². The summed E-state index contributed by atoms with van der Waals surface area (Å²) in [5, 5.41) is 0. The Labute approximate surface area is 119 Å². The monoisotopic (exact) mass is 286 g/mol. The van der Waals surface area contributed by atoms with Crippen LogP contribution in [0.25, 0.3) is 11.2 Å². The number of aromatic amines is 1.